The van der Waals surface area contributed by atoms with Crippen LogP contribution >= 0.6 is 0 Å². The fourth-order valence-electron chi connectivity index (χ4n) is 1.59. The van der Waals surface area contributed by atoms with Gasteiger partial charge < -0.3 is 15.0 Å². The summed E-state index contributed by atoms with van der Waals surface area (Å²) in [6, 6.07) is 0.257. The summed E-state index contributed by atoms with van der Waals surface area (Å²) >= 11 is 0. The lowest BCUT2D eigenvalue weighted by Gasteiger charge is -2.22. The summed E-state index contributed by atoms with van der Waals surface area (Å²) in [4.78, 5) is 13.2. The van der Waals surface area contributed by atoms with Crippen molar-refractivity contribution >= 4 is 5.91 Å². The van der Waals surface area contributed by atoms with Gasteiger partial charge in [-0.3, -0.25) is 4.79 Å². The maximum atomic E-state index is 11.3. The van der Waals surface area contributed by atoms with Gasteiger partial charge in [0.15, 0.2) is 0 Å². The second-order valence-corrected chi connectivity index (χ2v) is 3.38. The molecule has 0 saturated carbocycles. The smallest absolute Gasteiger partial charge is 0.222 e. The van der Waals surface area contributed by atoms with Crippen molar-refractivity contribution in [1.82, 2.24) is 10.2 Å². The molecule has 4 heteroatoms. The Kier molecular flexibility index (Phi) is 4.18. The zero-order chi connectivity index (χ0) is 9.68. The van der Waals surface area contributed by atoms with Crippen molar-refractivity contribution in [1.29, 1.82) is 0 Å². The number of methoxy groups -OCH3 is 1. The monoisotopic (exact) mass is 186 g/mol. The summed E-state index contributed by atoms with van der Waals surface area (Å²) in [7, 11) is 3.57. The van der Waals surface area contributed by atoms with E-state index in [9.17, 15) is 4.79 Å². The molecule has 0 spiro atoms. The summed E-state index contributed by atoms with van der Waals surface area (Å²) in [6.07, 6.45) is 1.71. The lowest BCUT2D eigenvalue weighted by Crippen LogP contribution is -2.42. The van der Waals surface area contributed by atoms with Crippen molar-refractivity contribution in [3.05, 3.63) is 0 Å². The van der Waals surface area contributed by atoms with Gasteiger partial charge in [0.25, 0.3) is 0 Å². The molecule has 1 N–H and O–H groups in total. The summed E-state index contributed by atoms with van der Waals surface area (Å²) in [5.74, 6) is 0.274. The van der Waals surface area contributed by atoms with Crippen molar-refractivity contribution in [3.8, 4) is 0 Å². The Morgan fingerprint density at radius 3 is 2.92 bits per heavy atom. The molecule has 0 aromatic rings. The van der Waals surface area contributed by atoms with Crippen LogP contribution in [-0.4, -0.2) is 50.7 Å². The Labute approximate surface area is 79.2 Å². The predicted octanol–water partition coefficient (Wildman–Crippen LogP) is -0.157. The van der Waals surface area contributed by atoms with Crippen molar-refractivity contribution in [2.45, 2.75) is 18.9 Å². The molecule has 1 fully saturated rings. The van der Waals surface area contributed by atoms with Crippen molar-refractivity contribution in [2.24, 2.45) is 0 Å². The van der Waals surface area contributed by atoms with Gasteiger partial charge >= 0.3 is 0 Å². The average Bonchev–Trinajstić information content (AvgIpc) is 2.51. The quantitative estimate of drug-likeness (QED) is 0.649. The molecule has 1 aliphatic rings. The molecule has 1 aliphatic heterocycles. The third kappa shape index (κ3) is 2.97. The number of amides is 1. The third-order valence-corrected chi connectivity index (χ3v) is 2.39. The van der Waals surface area contributed by atoms with Gasteiger partial charge in [0, 0.05) is 32.7 Å². The van der Waals surface area contributed by atoms with E-state index in [1.807, 2.05) is 11.9 Å². The molecule has 1 rings (SSSR count). The van der Waals surface area contributed by atoms with E-state index < -0.39 is 0 Å². The van der Waals surface area contributed by atoms with Gasteiger partial charge in [-0.25, -0.2) is 0 Å². The summed E-state index contributed by atoms with van der Waals surface area (Å²) in [5.41, 5.74) is 0. The Balaban J connectivity index is 2.31. The number of nitrogens with one attached hydrogen (secondary N) is 1. The van der Waals surface area contributed by atoms with Crippen LogP contribution in [-0.2, 0) is 9.53 Å². The zero-order valence-electron chi connectivity index (χ0n) is 8.38. The number of rotatable bonds is 5. The van der Waals surface area contributed by atoms with Gasteiger partial charge in [-0.05, 0) is 13.5 Å². The Morgan fingerprint density at radius 2 is 2.46 bits per heavy atom. The van der Waals surface area contributed by atoms with E-state index in [1.165, 1.54) is 0 Å². The first-order valence-electron chi connectivity index (χ1n) is 4.72. The lowest BCUT2D eigenvalue weighted by atomic mass is 10.3. The first kappa shape index (κ1) is 10.5. The van der Waals surface area contributed by atoms with Crippen LogP contribution in [0.2, 0.25) is 0 Å². The van der Waals surface area contributed by atoms with Gasteiger partial charge in [-0.1, -0.05) is 0 Å². The highest BCUT2D eigenvalue weighted by molar-refractivity contribution is 5.78. The number of hydrogen-bond acceptors (Lipinski definition) is 3. The van der Waals surface area contributed by atoms with Crippen LogP contribution in [0.15, 0.2) is 0 Å². The summed E-state index contributed by atoms with van der Waals surface area (Å²) in [5, 5.41) is 3.13. The molecule has 1 amide bonds. The van der Waals surface area contributed by atoms with Crippen LogP contribution < -0.4 is 5.32 Å². The van der Waals surface area contributed by atoms with Crippen molar-refractivity contribution in [2.75, 3.05) is 33.9 Å². The number of carbonyl (C=O) groups is 1. The molecular weight excluding hydrogens is 168 g/mol. The maximum absolute atomic E-state index is 11.3. The van der Waals surface area contributed by atoms with E-state index in [1.54, 1.807) is 7.11 Å². The van der Waals surface area contributed by atoms with Gasteiger partial charge in [0.2, 0.25) is 5.91 Å². The standard InChI is InChI=1S/C9H18N2O2/c1-10-8(7-13-2)6-11-5-3-4-9(11)12/h8,10H,3-7H2,1-2H3. The van der Waals surface area contributed by atoms with Crippen LogP contribution in [0, 0.1) is 0 Å². The van der Waals surface area contributed by atoms with E-state index in [2.05, 4.69) is 5.32 Å². The fraction of sp³-hybridized carbons (Fsp3) is 0.889. The van der Waals surface area contributed by atoms with E-state index >= 15 is 0 Å². The highest BCUT2D eigenvalue weighted by Gasteiger charge is 2.22. The molecule has 1 unspecified atom stereocenters. The number of ether oxygens (including phenoxy) is 1. The van der Waals surface area contributed by atoms with Crippen molar-refractivity contribution in [3.63, 3.8) is 0 Å². The van der Waals surface area contributed by atoms with Gasteiger partial charge in [-0.15, -0.1) is 0 Å². The first-order chi connectivity index (χ1) is 6.27. The summed E-state index contributed by atoms with van der Waals surface area (Å²) < 4.78 is 5.04. The molecule has 0 radical (unpaired) electrons. The predicted molar refractivity (Wildman–Crippen MR) is 50.5 cm³/mol. The molecule has 4 nitrogen and oxygen atoms in total. The second-order valence-electron chi connectivity index (χ2n) is 3.38. The van der Waals surface area contributed by atoms with Crippen LogP contribution in [0.25, 0.3) is 0 Å². The van der Waals surface area contributed by atoms with Crippen molar-refractivity contribution < 1.29 is 9.53 Å². The molecule has 0 aromatic carbocycles. The third-order valence-electron chi connectivity index (χ3n) is 2.39. The Bertz CT molecular complexity index is 173. The molecule has 13 heavy (non-hydrogen) atoms. The first-order valence-corrected chi connectivity index (χ1v) is 4.72. The normalized spacial score (nSPS) is 19.5. The van der Waals surface area contributed by atoms with Gasteiger partial charge in [0.05, 0.1) is 6.61 Å². The summed E-state index contributed by atoms with van der Waals surface area (Å²) in [6.45, 7) is 2.32. The number of carbonyl (C=O) groups excluding carboxylic acids is 1. The van der Waals surface area contributed by atoms with Crippen LogP contribution in [0.5, 0.6) is 0 Å². The molecule has 76 valence electrons. The molecule has 1 atom stereocenters. The molecular formula is C9H18N2O2. The maximum Gasteiger partial charge on any atom is 0.222 e. The lowest BCUT2D eigenvalue weighted by molar-refractivity contribution is -0.128. The van der Waals surface area contributed by atoms with Crippen LogP contribution in [0.1, 0.15) is 12.8 Å². The topological polar surface area (TPSA) is 41.6 Å². The fourth-order valence-corrected chi connectivity index (χ4v) is 1.59. The van der Waals surface area contributed by atoms with Gasteiger partial charge in [0.1, 0.15) is 0 Å². The van der Waals surface area contributed by atoms with E-state index in [-0.39, 0.29) is 11.9 Å². The number of hydrogen-bond donors (Lipinski definition) is 1. The minimum absolute atomic E-state index is 0.257. The van der Waals surface area contributed by atoms with Crippen LogP contribution in [0.3, 0.4) is 0 Å². The highest BCUT2D eigenvalue weighted by atomic mass is 16.5. The molecule has 0 aliphatic carbocycles. The molecule has 0 bridgehead atoms. The SMILES string of the molecule is CNC(COC)CN1CCCC1=O. The number of likely N-dealkylation sites (tertiary alicyclic amines) is 1. The van der Waals surface area contributed by atoms with E-state index in [0.29, 0.717) is 13.0 Å². The Morgan fingerprint density at radius 1 is 1.69 bits per heavy atom. The average molecular weight is 186 g/mol. The molecule has 1 saturated heterocycles. The minimum atomic E-state index is 0.257. The highest BCUT2D eigenvalue weighted by Crippen LogP contribution is 2.09. The van der Waals surface area contributed by atoms with Crippen LogP contribution in [0.4, 0.5) is 0 Å². The largest absolute Gasteiger partial charge is 0.383 e. The Hall–Kier alpha value is -0.610. The second kappa shape index (κ2) is 5.19. The minimum Gasteiger partial charge on any atom is -0.383 e. The molecule has 1 heterocycles. The van der Waals surface area contributed by atoms with Gasteiger partial charge in [-0.2, -0.15) is 0 Å². The number of likely N-dealkylation sites (N-methyl/N-ethyl adjacent to an activating group) is 1. The molecule has 0 aromatic heterocycles. The van der Waals surface area contributed by atoms with E-state index in [4.69, 9.17) is 4.74 Å². The number of nitrogens with zero attached hydrogens (tertiary/aromatic N) is 1. The van der Waals surface area contributed by atoms with E-state index in [0.717, 1.165) is 19.5 Å². The zero-order valence-corrected chi connectivity index (χ0v) is 8.38.